The number of amides is 3. The Balaban J connectivity index is 1.26. The van der Waals surface area contributed by atoms with Crippen molar-refractivity contribution in [2.75, 3.05) is 31.6 Å². The first-order chi connectivity index (χ1) is 17.0. The van der Waals surface area contributed by atoms with Crippen molar-refractivity contribution < 1.29 is 19.1 Å². The van der Waals surface area contributed by atoms with Gasteiger partial charge in [-0.1, -0.05) is 18.2 Å². The van der Waals surface area contributed by atoms with Crippen LogP contribution in [-0.2, 0) is 4.74 Å². The van der Waals surface area contributed by atoms with Crippen molar-refractivity contribution in [3.8, 4) is 10.4 Å². The lowest BCUT2D eigenvalue weighted by molar-refractivity contribution is 0.0303. The van der Waals surface area contributed by atoms with Crippen LogP contribution in [-0.4, -0.2) is 55.0 Å². The average Bonchev–Trinajstić information content (AvgIpc) is 3.56. The molecule has 1 aliphatic heterocycles. The van der Waals surface area contributed by atoms with E-state index in [1.165, 1.54) is 11.3 Å². The van der Waals surface area contributed by atoms with Crippen LogP contribution in [0.1, 0.15) is 48.8 Å². The fraction of sp³-hybridized carbons (Fsp3) is 0.296. The molecule has 2 aliphatic rings. The van der Waals surface area contributed by atoms with Gasteiger partial charge in [-0.15, -0.1) is 11.3 Å². The lowest BCUT2D eigenvalue weighted by Gasteiger charge is -2.26. The van der Waals surface area contributed by atoms with Crippen molar-refractivity contribution in [2.24, 2.45) is 0 Å². The van der Waals surface area contributed by atoms with Crippen molar-refractivity contribution in [1.82, 2.24) is 10.2 Å². The lowest BCUT2D eigenvalue weighted by Crippen LogP contribution is -2.40. The molecule has 2 heterocycles. The maximum absolute atomic E-state index is 12.9. The van der Waals surface area contributed by atoms with Gasteiger partial charge in [0.05, 0.1) is 18.1 Å². The summed E-state index contributed by atoms with van der Waals surface area (Å²) in [6, 6.07) is 16.8. The highest BCUT2D eigenvalue weighted by atomic mass is 32.1. The first-order valence-corrected chi connectivity index (χ1v) is 12.6. The highest BCUT2D eigenvalue weighted by molar-refractivity contribution is 7.17. The number of carbonyl (C=O) groups excluding carboxylic acids is 3. The van der Waals surface area contributed by atoms with Crippen LogP contribution in [0.5, 0.6) is 0 Å². The van der Waals surface area contributed by atoms with Crippen molar-refractivity contribution >= 4 is 34.7 Å². The van der Waals surface area contributed by atoms with Crippen LogP contribution in [0.2, 0.25) is 0 Å². The van der Waals surface area contributed by atoms with Gasteiger partial charge in [0.15, 0.2) is 0 Å². The molecule has 1 saturated heterocycles. The highest BCUT2D eigenvalue weighted by Gasteiger charge is 2.24. The molecule has 0 atom stereocenters. The summed E-state index contributed by atoms with van der Waals surface area (Å²) in [5, 5.41) is 5.92. The third-order valence-corrected chi connectivity index (χ3v) is 7.34. The Morgan fingerprint density at radius 1 is 0.914 bits per heavy atom. The predicted molar refractivity (Wildman–Crippen MR) is 136 cm³/mol. The second-order valence-corrected chi connectivity index (χ2v) is 9.96. The summed E-state index contributed by atoms with van der Waals surface area (Å²) in [6.07, 6.45) is 2.05. The summed E-state index contributed by atoms with van der Waals surface area (Å²) in [7, 11) is 0. The van der Waals surface area contributed by atoms with E-state index in [-0.39, 0.29) is 23.8 Å². The summed E-state index contributed by atoms with van der Waals surface area (Å²) in [4.78, 5) is 41.3. The Bertz CT molecular complexity index is 1260. The maximum Gasteiger partial charge on any atom is 0.265 e. The molecule has 1 aromatic heterocycles. The van der Waals surface area contributed by atoms with Gasteiger partial charge in [-0.2, -0.15) is 0 Å². The molecule has 0 bridgehead atoms. The van der Waals surface area contributed by atoms with Gasteiger partial charge >= 0.3 is 0 Å². The average molecular weight is 490 g/mol. The van der Waals surface area contributed by atoms with Crippen molar-refractivity contribution in [2.45, 2.75) is 25.8 Å². The Morgan fingerprint density at radius 2 is 1.63 bits per heavy atom. The fourth-order valence-electron chi connectivity index (χ4n) is 3.92. The predicted octanol–water partition coefficient (Wildman–Crippen LogP) is 4.34. The van der Waals surface area contributed by atoms with E-state index < -0.39 is 0 Å². The standard InChI is InChI=1S/C27H27N3O4S/c1-17-2-3-20(25(31)28-21-8-9-21)16-22(17)29-26(32)24-11-10-23(35-24)18-4-6-19(7-5-18)27(33)30-12-14-34-15-13-30/h2-7,10-11,16,21H,8-9,12-15H2,1H3,(H,28,31)(H,29,32). The van der Waals surface area contributed by atoms with Gasteiger partial charge in [0.25, 0.3) is 17.7 Å². The van der Waals surface area contributed by atoms with Gasteiger partial charge in [0.2, 0.25) is 0 Å². The van der Waals surface area contributed by atoms with Crippen LogP contribution in [0, 0.1) is 6.92 Å². The quantitative estimate of drug-likeness (QED) is 0.539. The second kappa shape index (κ2) is 10.0. The van der Waals surface area contributed by atoms with Gasteiger partial charge < -0.3 is 20.3 Å². The summed E-state index contributed by atoms with van der Waals surface area (Å²) in [5.41, 5.74) is 3.64. The normalized spacial score (nSPS) is 15.5. The first-order valence-electron chi connectivity index (χ1n) is 11.8. The number of morpholine rings is 1. The van der Waals surface area contributed by atoms with Crippen molar-refractivity contribution in [1.29, 1.82) is 0 Å². The third kappa shape index (κ3) is 5.44. The van der Waals surface area contributed by atoms with E-state index in [4.69, 9.17) is 4.74 Å². The van der Waals surface area contributed by atoms with E-state index in [2.05, 4.69) is 10.6 Å². The van der Waals surface area contributed by atoms with Crippen molar-refractivity contribution in [3.05, 3.63) is 76.2 Å². The number of nitrogens with one attached hydrogen (secondary N) is 2. The summed E-state index contributed by atoms with van der Waals surface area (Å²) in [5.74, 6) is -0.324. The smallest absolute Gasteiger partial charge is 0.265 e. The van der Waals surface area contributed by atoms with E-state index in [0.29, 0.717) is 48.0 Å². The van der Waals surface area contributed by atoms with Crippen LogP contribution < -0.4 is 10.6 Å². The molecule has 2 N–H and O–H groups in total. The molecule has 1 aliphatic carbocycles. The van der Waals surface area contributed by atoms with Crippen LogP contribution in [0.3, 0.4) is 0 Å². The number of benzene rings is 2. The topological polar surface area (TPSA) is 87.7 Å². The number of aryl methyl sites for hydroxylation is 1. The van der Waals surface area contributed by atoms with Crippen LogP contribution >= 0.6 is 11.3 Å². The summed E-state index contributed by atoms with van der Waals surface area (Å²) >= 11 is 1.39. The molecule has 8 heteroatoms. The minimum atomic E-state index is -0.219. The largest absolute Gasteiger partial charge is 0.378 e. The van der Waals surface area contributed by atoms with Gasteiger partial charge in [0.1, 0.15) is 0 Å². The fourth-order valence-corrected chi connectivity index (χ4v) is 4.83. The lowest BCUT2D eigenvalue weighted by atomic mass is 10.1. The molecule has 3 aromatic rings. The molecule has 2 fully saturated rings. The van der Waals surface area contributed by atoms with E-state index in [9.17, 15) is 14.4 Å². The van der Waals surface area contributed by atoms with Crippen LogP contribution in [0.4, 0.5) is 5.69 Å². The second-order valence-electron chi connectivity index (χ2n) is 8.88. The number of hydrogen-bond donors (Lipinski definition) is 2. The first kappa shape index (κ1) is 23.3. The minimum Gasteiger partial charge on any atom is -0.378 e. The summed E-state index contributed by atoms with van der Waals surface area (Å²) in [6.45, 7) is 4.26. The third-order valence-electron chi connectivity index (χ3n) is 6.20. The maximum atomic E-state index is 12.9. The molecule has 180 valence electrons. The molecule has 7 nitrogen and oxygen atoms in total. The Morgan fingerprint density at radius 3 is 2.34 bits per heavy atom. The zero-order chi connectivity index (χ0) is 24.4. The zero-order valence-corrected chi connectivity index (χ0v) is 20.3. The molecule has 0 spiro atoms. The van der Waals surface area contributed by atoms with Crippen molar-refractivity contribution in [3.63, 3.8) is 0 Å². The van der Waals surface area contributed by atoms with Crippen LogP contribution in [0.15, 0.2) is 54.6 Å². The number of hydrogen-bond acceptors (Lipinski definition) is 5. The highest BCUT2D eigenvalue weighted by Crippen LogP contribution is 2.30. The Labute approximate surface area is 208 Å². The molecular formula is C27H27N3O4S. The van der Waals surface area contributed by atoms with Gasteiger partial charge in [0, 0.05) is 40.8 Å². The number of carbonyl (C=O) groups is 3. The Hall–Kier alpha value is -3.49. The number of nitrogens with zero attached hydrogens (tertiary/aromatic N) is 1. The molecule has 2 aromatic carbocycles. The zero-order valence-electron chi connectivity index (χ0n) is 19.5. The molecular weight excluding hydrogens is 462 g/mol. The number of anilines is 1. The number of rotatable bonds is 6. The molecule has 1 saturated carbocycles. The van der Waals surface area contributed by atoms with E-state index in [1.54, 1.807) is 23.1 Å². The molecule has 35 heavy (non-hydrogen) atoms. The van der Waals surface area contributed by atoms with Gasteiger partial charge in [-0.05, 0) is 67.3 Å². The minimum absolute atomic E-state index is 0.00881. The van der Waals surface area contributed by atoms with E-state index in [1.807, 2.05) is 43.3 Å². The van der Waals surface area contributed by atoms with Gasteiger partial charge in [-0.25, -0.2) is 0 Å². The molecule has 5 rings (SSSR count). The number of thiophene rings is 1. The van der Waals surface area contributed by atoms with E-state index in [0.717, 1.165) is 28.8 Å². The SMILES string of the molecule is Cc1ccc(C(=O)NC2CC2)cc1NC(=O)c1ccc(-c2ccc(C(=O)N3CCOCC3)cc2)s1. The molecule has 0 radical (unpaired) electrons. The molecule has 3 amide bonds. The van der Waals surface area contributed by atoms with E-state index >= 15 is 0 Å². The van der Waals surface area contributed by atoms with Gasteiger partial charge in [-0.3, -0.25) is 14.4 Å². The number of ether oxygens (including phenoxy) is 1. The molecule has 0 unspecified atom stereocenters. The summed E-state index contributed by atoms with van der Waals surface area (Å²) < 4.78 is 5.32. The Kier molecular flexibility index (Phi) is 6.66. The van der Waals surface area contributed by atoms with Crippen LogP contribution in [0.25, 0.3) is 10.4 Å². The monoisotopic (exact) mass is 489 g/mol.